The highest BCUT2D eigenvalue weighted by Gasteiger charge is 2.42. The molecule has 58 valence electrons. The van der Waals surface area contributed by atoms with Crippen molar-refractivity contribution in [3.63, 3.8) is 0 Å². The molecular weight excluding hydrogens is 195 g/mol. The molecule has 0 fully saturated rings. The number of alkyl halides is 3. The predicted octanol–water partition coefficient (Wildman–Crippen LogP) is 1.55. The van der Waals surface area contributed by atoms with E-state index in [0.29, 0.717) is 0 Å². The molecule has 0 radical (unpaired) electrons. The minimum absolute atomic E-state index is 1.78. The lowest BCUT2D eigenvalue weighted by Crippen LogP contribution is -2.28. The third-order valence-electron chi connectivity index (χ3n) is 0.428. The van der Waals surface area contributed by atoms with Crippen LogP contribution < -0.4 is 0 Å². The fourth-order valence-corrected chi connectivity index (χ4v) is 0.310. The first kappa shape index (κ1) is 9.90. The lowest BCUT2D eigenvalue weighted by atomic mass is 10.5. The van der Waals surface area contributed by atoms with Crippen LogP contribution in [0.4, 0.5) is 13.2 Å². The standard InChI is InChI=1S/C2BCl2F3O2/c4-3(5)10-1(9)2(6,7)8. The van der Waals surface area contributed by atoms with E-state index in [1.165, 1.54) is 0 Å². The molecule has 0 saturated heterocycles. The van der Waals surface area contributed by atoms with E-state index < -0.39 is 17.9 Å². The van der Waals surface area contributed by atoms with Gasteiger partial charge in [-0.2, -0.15) is 13.2 Å². The zero-order chi connectivity index (χ0) is 8.36. The molecule has 0 rings (SSSR count). The molecule has 8 heteroatoms. The summed E-state index contributed by atoms with van der Waals surface area (Å²) in [5.41, 5.74) is 0. The number of rotatable bonds is 1. The van der Waals surface area contributed by atoms with Gasteiger partial charge in [-0.15, -0.1) is 22.9 Å². The first-order valence-electron chi connectivity index (χ1n) is 1.90. The van der Waals surface area contributed by atoms with Crippen molar-refractivity contribution in [3.05, 3.63) is 0 Å². The lowest BCUT2D eigenvalue weighted by Gasteiger charge is -2.04. The van der Waals surface area contributed by atoms with Gasteiger partial charge < -0.3 is 4.65 Å². The second-order valence-corrected chi connectivity index (χ2v) is 2.18. The topological polar surface area (TPSA) is 26.3 Å². The maximum atomic E-state index is 11.2. The van der Waals surface area contributed by atoms with E-state index in [4.69, 9.17) is 22.9 Å². The molecule has 2 nitrogen and oxygen atoms in total. The van der Waals surface area contributed by atoms with E-state index in [2.05, 4.69) is 4.65 Å². The third kappa shape index (κ3) is 3.84. The molecule has 0 amide bonds. The van der Waals surface area contributed by atoms with Crippen LogP contribution in [0, 0.1) is 0 Å². The molecule has 0 aliphatic heterocycles. The minimum atomic E-state index is -5.04. The zero-order valence-corrected chi connectivity index (χ0v) is 5.80. The van der Waals surface area contributed by atoms with Gasteiger partial charge in [0.2, 0.25) is 0 Å². The van der Waals surface area contributed by atoms with Crippen LogP contribution in [0.2, 0.25) is 0 Å². The van der Waals surface area contributed by atoms with Crippen LogP contribution in [0.15, 0.2) is 0 Å². The van der Waals surface area contributed by atoms with E-state index in [-0.39, 0.29) is 0 Å². The van der Waals surface area contributed by atoms with Crippen molar-refractivity contribution in [3.8, 4) is 0 Å². The van der Waals surface area contributed by atoms with Crippen molar-refractivity contribution < 1.29 is 22.6 Å². The van der Waals surface area contributed by atoms with Gasteiger partial charge in [0.15, 0.2) is 0 Å². The predicted molar refractivity (Wildman–Crippen MR) is 29.6 cm³/mol. The Hall–Kier alpha value is -0.0951. The van der Waals surface area contributed by atoms with Gasteiger partial charge in [-0.3, -0.25) is 0 Å². The Balaban J connectivity index is 3.87. The molecule has 0 aromatic heterocycles. The summed E-state index contributed by atoms with van der Waals surface area (Å²) in [5, 5.41) is 0. The molecule has 0 spiro atoms. The van der Waals surface area contributed by atoms with Crippen LogP contribution in [0.25, 0.3) is 0 Å². The summed E-state index contributed by atoms with van der Waals surface area (Å²) in [6, 6.07) is 0. The van der Waals surface area contributed by atoms with Gasteiger partial charge in [0.05, 0.1) is 0 Å². The van der Waals surface area contributed by atoms with E-state index >= 15 is 0 Å². The molecule has 10 heavy (non-hydrogen) atoms. The highest BCUT2D eigenvalue weighted by Crippen LogP contribution is 2.17. The maximum Gasteiger partial charge on any atom is 0.578 e. The summed E-state index contributed by atoms with van der Waals surface area (Å²) in [7, 11) is 0. The summed E-state index contributed by atoms with van der Waals surface area (Å²) < 4.78 is 37.0. The van der Waals surface area contributed by atoms with Crippen LogP contribution in [-0.2, 0) is 9.45 Å². The molecule has 0 aromatic carbocycles. The molecular formula is C2BCl2F3O2. The zero-order valence-electron chi connectivity index (χ0n) is 4.28. The van der Waals surface area contributed by atoms with Gasteiger partial charge >= 0.3 is 17.9 Å². The average Bonchev–Trinajstić information content (AvgIpc) is 1.60. The first-order chi connectivity index (χ1) is 4.34. The Bertz CT molecular complexity index is 135. The Morgan fingerprint density at radius 2 is 1.80 bits per heavy atom. The molecule has 0 aliphatic rings. The molecule has 0 unspecified atom stereocenters. The van der Waals surface area contributed by atoms with E-state index in [0.717, 1.165) is 0 Å². The van der Waals surface area contributed by atoms with Gasteiger partial charge in [0.1, 0.15) is 0 Å². The number of hydrogen-bond acceptors (Lipinski definition) is 2. The number of carbonyl (C=O) groups excluding carboxylic acids is 1. The maximum absolute atomic E-state index is 11.2. The summed E-state index contributed by atoms with van der Waals surface area (Å²) in [5.74, 6) is -4.18. The molecule has 0 aromatic rings. The Morgan fingerprint density at radius 3 is 1.90 bits per heavy atom. The Kier molecular flexibility index (Phi) is 3.31. The van der Waals surface area contributed by atoms with Crippen LogP contribution in [0.5, 0.6) is 0 Å². The van der Waals surface area contributed by atoms with Gasteiger partial charge in [0.25, 0.3) is 0 Å². The normalized spacial score (nSPS) is 10.9. The number of halogens is 5. The summed E-state index contributed by atoms with van der Waals surface area (Å²) >= 11 is 9.40. The fourth-order valence-electron chi connectivity index (χ4n) is 0.148. The van der Waals surface area contributed by atoms with Gasteiger partial charge in [-0.1, -0.05) is 0 Å². The van der Waals surface area contributed by atoms with Crippen molar-refractivity contribution in [2.24, 2.45) is 0 Å². The van der Waals surface area contributed by atoms with E-state index in [9.17, 15) is 18.0 Å². The second-order valence-electron chi connectivity index (χ2n) is 1.16. The van der Waals surface area contributed by atoms with Crippen LogP contribution >= 0.6 is 22.9 Å². The van der Waals surface area contributed by atoms with Crippen molar-refractivity contribution in [1.29, 1.82) is 0 Å². The van der Waals surface area contributed by atoms with Crippen LogP contribution in [0.1, 0.15) is 0 Å². The van der Waals surface area contributed by atoms with Gasteiger partial charge in [0, 0.05) is 0 Å². The molecule has 0 aliphatic carbocycles. The van der Waals surface area contributed by atoms with Crippen LogP contribution in [0.3, 0.4) is 0 Å². The molecule has 0 bridgehead atoms. The quantitative estimate of drug-likeness (QED) is 0.593. The number of hydrogen-bond donors (Lipinski definition) is 0. The third-order valence-corrected chi connectivity index (χ3v) is 0.606. The smallest absolute Gasteiger partial charge is 0.501 e. The fraction of sp³-hybridized carbons (Fsp3) is 0.500. The Labute approximate surface area is 64.2 Å². The molecule has 0 heterocycles. The summed E-state index contributed by atoms with van der Waals surface area (Å²) in [4.78, 5) is 9.76. The van der Waals surface area contributed by atoms with Gasteiger partial charge in [-0.05, 0) is 0 Å². The van der Waals surface area contributed by atoms with Crippen molar-refractivity contribution in [1.82, 2.24) is 0 Å². The minimum Gasteiger partial charge on any atom is -0.501 e. The second kappa shape index (κ2) is 3.34. The first-order valence-corrected chi connectivity index (χ1v) is 2.77. The highest BCUT2D eigenvalue weighted by molar-refractivity contribution is 7.31. The SMILES string of the molecule is O=C(OB(Cl)Cl)C(F)(F)F. The Morgan fingerprint density at radius 1 is 1.40 bits per heavy atom. The largest absolute Gasteiger partial charge is 0.578 e. The van der Waals surface area contributed by atoms with Crippen molar-refractivity contribution in [2.75, 3.05) is 0 Å². The van der Waals surface area contributed by atoms with Crippen molar-refractivity contribution in [2.45, 2.75) is 6.18 Å². The van der Waals surface area contributed by atoms with E-state index in [1.54, 1.807) is 0 Å². The summed E-state index contributed by atoms with van der Waals surface area (Å²) in [6.07, 6.45) is -5.04. The molecule has 0 N–H and O–H groups in total. The molecule has 0 saturated carbocycles. The molecule has 0 atom stereocenters. The average molecular weight is 195 g/mol. The van der Waals surface area contributed by atoms with Crippen molar-refractivity contribution >= 4 is 34.6 Å². The van der Waals surface area contributed by atoms with Crippen LogP contribution in [-0.4, -0.2) is 17.9 Å². The van der Waals surface area contributed by atoms with Gasteiger partial charge in [-0.25, -0.2) is 4.79 Å². The monoisotopic (exact) mass is 194 g/mol. The highest BCUT2D eigenvalue weighted by atomic mass is 35.5. The number of carbonyl (C=O) groups is 1. The lowest BCUT2D eigenvalue weighted by molar-refractivity contribution is -0.189. The summed E-state index contributed by atoms with van der Waals surface area (Å²) in [6.45, 7) is 0. The van der Waals surface area contributed by atoms with E-state index in [1.807, 2.05) is 0 Å².